The zero-order chi connectivity index (χ0) is 15.3. The molecule has 2 unspecified atom stereocenters. The van der Waals surface area contributed by atoms with Crippen LogP contribution in [0.25, 0.3) is 0 Å². The fraction of sp³-hybridized carbons (Fsp3) is 1.00. The molecule has 124 valence electrons. The summed E-state index contributed by atoms with van der Waals surface area (Å²) in [5.41, 5.74) is -0.0637. The molecule has 0 amide bonds. The van der Waals surface area contributed by atoms with Crippen molar-refractivity contribution in [3.8, 4) is 0 Å². The van der Waals surface area contributed by atoms with Gasteiger partial charge < -0.3 is 15.3 Å². The van der Waals surface area contributed by atoms with Gasteiger partial charge in [0.05, 0.1) is 6.61 Å². The minimum atomic E-state index is -0.0637. The number of nitrogens with zero attached hydrogens (tertiary/aromatic N) is 2. The molecule has 0 aromatic carbocycles. The van der Waals surface area contributed by atoms with Crippen molar-refractivity contribution < 1.29 is 5.11 Å². The summed E-state index contributed by atoms with van der Waals surface area (Å²) >= 11 is 0. The molecule has 0 radical (unpaired) electrons. The monoisotopic (exact) mass is 297 g/mol. The topological polar surface area (TPSA) is 38.7 Å². The molecule has 2 fully saturated rings. The fourth-order valence-corrected chi connectivity index (χ4v) is 3.50. The van der Waals surface area contributed by atoms with E-state index in [0.717, 1.165) is 6.42 Å². The lowest BCUT2D eigenvalue weighted by molar-refractivity contribution is 0.155. The van der Waals surface area contributed by atoms with E-state index in [9.17, 15) is 5.11 Å². The largest absolute Gasteiger partial charge is 0.394 e. The lowest BCUT2D eigenvalue weighted by Crippen LogP contribution is -2.47. The SMILES string of the molecule is CC1CN(C)CCCN1CCCCC(C)(CO)NC1CC1. The van der Waals surface area contributed by atoms with Gasteiger partial charge in [-0.3, -0.25) is 4.90 Å². The fourth-order valence-electron chi connectivity index (χ4n) is 3.50. The van der Waals surface area contributed by atoms with E-state index in [0.29, 0.717) is 12.1 Å². The predicted molar refractivity (Wildman–Crippen MR) is 88.6 cm³/mol. The first-order chi connectivity index (χ1) is 10.0. The number of aliphatic hydroxyl groups excluding tert-OH is 1. The number of likely N-dealkylation sites (N-methyl/N-ethyl adjacent to an activating group) is 1. The Balaban J connectivity index is 1.65. The van der Waals surface area contributed by atoms with E-state index < -0.39 is 0 Å². The van der Waals surface area contributed by atoms with Crippen LogP contribution >= 0.6 is 0 Å². The Morgan fingerprint density at radius 2 is 2.00 bits per heavy atom. The number of hydrogen-bond donors (Lipinski definition) is 2. The van der Waals surface area contributed by atoms with Crippen molar-refractivity contribution in [2.24, 2.45) is 0 Å². The van der Waals surface area contributed by atoms with E-state index in [1.165, 1.54) is 58.3 Å². The van der Waals surface area contributed by atoms with E-state index in [4.69, 9.17) is 0 Å². The lowest BCUT2D eigenvalue weighted by atomic mass is 9.95. The molecule has 1 aliphatic heterocycles. The van der Waals surface area contributed by atoms with Crippen molar-refractivity contribution in [3.05, 3.63) is 0 Å². The normalized spacial score (nSPS) is 28.3. The third-order valence-electron chi connectivity index (χ3n) is 5.09. The van der Waals surface area contributed by atoms with Gasteiger partial charge in [0.25, 0.3) is 0 Å². The Morgan fingerprint density at radius 1 is 1.24 bits per heavy atom. The van der Waals surface area contributed by atoms with Crippen LogP contribution in [0.1, 0.15) is 52.4 Å². The second-order valence-electron chi connectivity index (χ2n) is 7.60. The molecule has 1 heterocycles. The van der Waals surface area contributed by atoms with E-state index >= 15 is 0 Å². The Kier molecular flexibility index (Phi) is 6.48. The summed E-state index contributed by atoms with van der Waals surface area (Å²) in [7, 11) is 2.23. The second-order valence-corrected chi connectivity index (χ2v) is 7.60. The highest BCUT2D eigenvalue weighted by Gasteiger charge is 2.31. The van der Waals surface area contributed by atoms with Crippen LogP contribution in [0, 0.1) is 0 Å². The molecule has 0 spiro atoms. The summed E-state index contributed by atoms with van der Waals surface area (Å²) in [5.74, 6) is 0. The lowest BCUT2D eigenvalue weighted by Gasteiger charge is -2.31. The third kappa shape index (κ3) is 5.85. The Morgan fingerprint density at radius 3 is 2.67 bits per heavy atom. The number of aliphatic hydroxyl groups is 1. The molecule has 2 rings (SSSR count). The molecular weight excluding hydrogens is 262 g/mol. The van der Waals surface area contributed by atoms with Gasteiger partial charge in [-0.25, -0.2) is 0 Å². The first kappa shape index (κ1) is 17.2. The molecule has 4 heteroatoms. The molecular formula is C17H35N3O. The van der Waals surface area contributed by atoms with Crippen LogP contribution in [-0.4, -0.2) is 72.4 Å². The molecule has 1 saturated heterocycles. The molecule has 2 N–H and O–H groups in total. The molecule has 1 aliphatic carbocycles. The maximum atomic E-state index is 9.64. The molecule has 4 nitrogen and oxygen atoms in total. The van der Waals surface area contributed by atoms with E-state index in [2.05, 4.69) is 36.0 Å². The molecule has 1 saturated carbocycles. The maximum absolute atomic E-state index is 9.64. The van der Waals surface area contributed by atoms with Crippen LogP contribution in [0.3, 0.4) is 0 Å². The highest BCUT2D eigenvalue weighted by atomic mass is 16.3. The van der Waals surface area contributed by atoms with Gasteiger partial charge in [0, 0.05) is 24.2 Å². The van der Waals surface area contributed by atoms with Crippen molar-refractivity contribution in [2.75, 3.05) is 39.8 Å². The highest BCUT2D eigenvalue weighted by molar-refractivity contribution is 4.92. The van der Waals surface area contributed by atoms with E-state index in [-0.39, 0.29) is 12.1 Å². The summed E-state index contributed by atoms with van der Waals surface area (Å²) in [6, 6.07) is 1.34. The average molecular weight is 297 g/mol. The van der Waals surface area contributed by atoms with Crippen LogP contribution in [0.5, 0.6) is 0 Å². The summed E-state index contributed by atoms with van der Waals surface area (Å²) in [6.45, 7) is 9.66. The zero-order valence-electron chi connectivity index (χ0n) is 14.3. The number of rotatable bonds is 8. The smallest absolute Gasteiger partial charge is 0.0610 e. The summed E-state index contributed by atoms with van der Waals surface area (Å²) < 4.78 is 0. The van der Waals surface area contributed by atoms with Crippen LogP contribution < -0.4 is 5.32 Å². The van der Waals surface area contributed by atoms with Crippen molar-refractivity contribution in [3.63, 3.8) is 0 Å². The third-order valence-corrected chi connectivity index (χ3v) is 5.09. The minimum Gasteiger partial charge on any atom is -0.394 e. The van der Waals surface area contributed by atoms with Crippen LogP contribution in [0.4, 0.5) is 0 Å². The van der Waals surface area contributed by atoms with Crippen LogP contribution in [-0.2, 0) is 0 Å². The minimum absolute atomic E-state index is 0.0637. The standard InChI is InChI=1S/C17H35N3O/c1-15-13-19(3)10-6-12-20(15)11-5-4-9-17(2,14-21)18-16-7-8-16/h15-16,18,21H,4-14H2,1-3H3. The second kappa shape index (κ2) is 7.91. The quantitative estimate of drug-likeness (QED) is 0.669. The molecule has 2 atom stereocenters. The van der Waals surface area contributed by atoms with Gasteiger partial charge in [0.2, 0.25) is 0 Å². The van der Waals surface area contributed by atoms with Crippen LogP contribution in [0.15, 0.2) is 0 Å². The first-order valence-corrected chi connectivity index (χ1v) is 8.83. The molecule has 2 aliphatic rings. The van der Waals surface area contributed by atoms with E-state index in [1.807, 2.05) is 0 Å². The molecule has 0 bridgehead atoms. The van der Waals surface area contributed by atoms with Crippen molar-refractivity contribution >= 4 is 0 Å². The van der Waals surface area contributed by atoms with Gasteiger partial charge in [0.15, 0.2) is 0 Å². The predicted octanol–water partition coefficient (Wildman–Crippen LogP) is 1.69. The van der Waals surface area contributed by atoms with Gasteiger partial charge in [-0.2, -0.15) is 0 Å². The first-order valence-electron chi connectivity index (χ1n) is 8.83. The molecule has 0 aromatic rings. The number of nitrogens with one attached hydrogen (secondary N) is 1. The van der Waals surface area contributed by atoms with Gasteiger partial charge in [-0.05, 0) is 72.6 Å². The average Bonchev–Trinajstić information content (AvgIpc) is 3.25. The summed E-state index contributed by atoms with van der Waals surface area (Å²) in [4.78, 5) is 5.10. The van der Waals surface area contributed by atoms with Gasteiger partial charge in [-0.1, -0.05) is 6.42 Å². The zero-order valence-corrected chi connectivity index (χ0v) is 14.3. The van der Waals surface area contributed by atoms with Gasteiger partial charge in [0.1, 0.15) is 0 Å². The number of hydrogen-bond acceptors (Lipinski definition) is 4. The number of unbranched alkanes of at least 4 members (excludes halogenated alkanes) is 1. The Bertz CT molecular complexity index is 308. The maximum Gasteiger partial charge on any atom is 0.0610 e. The van der Waals surface area contributed by atoms with Crippen molar-refractivity contribution in [1.29, 1.82) is 0 Å². The van der Waals surface area contributed by atoms with Gasteiger partial charge in [-0.15, -0.1) is 0 Å². The molecule has 0 aromatic heterocycles. The summed E-state index contributed by atoms with van der Waals surface area (Å²) in [5, 5.41) is 13.2. The Labute approximate surface area is 130 Å². The van der Waals surface area contributed by atoms with Crippen LogP contribution in [0.2, 0.25) is 0 Å². The highest BCUT2D eigenvalue weighted by Crippen LogP contribution is 2.25. The van der Waals surface area contributed by atoms with E-state index in [1.54, 1.807) is 0 Å². The van der Waals surface area contributed by atoms with Gasteiger partial charge >= 0.3 is 0 Å². The van der Waals surface area contributed by atoms with Crippen molar-refractivity contribution in [2.45, 2.75) is 70.0 Å². The Hall–Kier alpha value is -0.160. The summed E-state index contributed by atoms with van der Waals surface area (Å²) in [6.07, 6.45) is 7.40. The molecule has 21 heavy (non-hydrogen) atoms. The van der Waals surface area contributed by atoms with Crippen molar-refractivity contribution in [1.82, 2.24) is 15.1 Å².